The molecule has 2 aromatic carbocycles. The number of hydrogen-bond donors (Lipinski definition) is 3. The fourth-order valence-corrected chi connectivity index (χ4v) is 4.24. The highest BCUT2D eigenvalue weighted by molar-refractivity contribution is 5.83. The maximum atomic E-state index is 12.2. The Hall–Kier alpha value is -3.35. The maximum absolute atomic E-state index is 12.2. The minimum atomic E-state index is -1.00. The summed E-state index contributed by atoms with van der Waals surface area (Å²) in [5.74, 6) is -1.22. The standard InChI is InChI=1S/C26H32N2O5/c1-2-10-23(25(30)31)28-24(29)15-4-3-9-16-27-26(32)33-17-22-20-13-7-5-11-18(20)19-12-6-8-14-21(19)22/h5-8,11-14,22-23H,2-4,9-10,15-17H2,1H3,(H,27,32)(H,28,29)(H,30,31)/t23-/m0/s1. The lowest BCUT2D eigenvalue weighted by molar-refractivity contribution is -0.142. The Balaban J connectivity index is 1.33. The van der Waals surface area contributed by atoms with Gasteiger partial charge < -0.3 is 20.5 Å². The Bertz CT molecular complexity index is 929. The number of aliphatic carboxylic acids is 1. The first kappa shape index (κ1) is 24.3. The van der Waals surface area contributed by atoms with Crippen molar-refractivity contribution in [3.63, 3.8) is 0 Å². The minimum Gasteiger partial charge on any atom is -0.480 e. The number of nitrogens with one attached hydrogen (secondary N) is 2. The molecule has 7 nitrogen and oxygen atoms in total. The number of carboxylic acid groups (broad SMARTS) is 1. The Labute approximate surface area is 194 Å². The summed E-state index contributed by atoms with van der Waals surface area (Å²) in [6.07, 6.45) is 3.05. The van der Waals surface area contributed by atoms with E-state index in [0.29, 0.717) is 25.8 Å². The van der Waals surface area contributed by atoms with Gasteiger partial charge in [0.2, 0.25) is 5.91 Å². The highest BCUT2D eigenvalue weighted by Crippen LogP contribution is 2.44. The summed E-state index contributed by atoms with van der Waals surface area (Å²) in [5, 5.41) is 14.4. The predicted molar refractivity (Wildman–Crippen MR) is 126 cm³/mol. The molecule has 0 saturated carbocycles. The van der Waals surface area contributed by atoms with Crippen LogP contribution in [-0.4, -0.2) is 42.3 Å². The number of ether oxygens (including phenoxy) is 1. The van der Waals surface area contributed by atoms with Crippen LogP contribution >= 0.6 is 0 Å². The predicted octanol–water partition coefficient (Wildman–Crippen LogP) is 4.46. The lowest BCUT2D eigenvalue weighted by atomic mass is 9.98. The summed E-state index contributed by atoms with van der Waals surface area (Å²) in [7, 11) is 0. The molecule has 0 unspecified atom stereocenters. The zero-order valence-corrected chi connectivity index (χ0v) is 19.0. The molecule has 0 aliphatic heterocycles. The van der Waals surface area contributed by atoms with Gasteiger partial charge >= 0.3 is 12.1 Å². The number of benzene rings is 2. The molecule has 33 heavy (non-hydrogen) atoms. The van der Waals surface area contributed by atoms with Gasteiger partial charge in [-0.25, -0.2) is 9.59 Å². The Morgan fingerprint density at radius 1 is 0.970 bits per heavy atom. The van der Waals surface area contributed by atoms with Gasteiger partial charge in [-0.1, -0.05) is 68.3 Å². The Morgan fingerprint density at radius 3 is 2.21 bits per heavy atom. The average Bonchev–Trinajstić information content (AvgIpc) is 3.13. The van der Waals surface area contributed by atoms with E-state index in [1.54, 1.807) is 0 Å². The first-order chi connectivity index (χ1) is 16.0. The third-order valence-electron chi connectivity index (χ3n) is 5.90. The van der Waals surface area contributed by atoms with Crippen LogP contribution in [-0.2, 0) is 14.3 Å². The Kier molecular flexibility index (Phi) is 8.87. The molecule has 3 N–H and O–H groups in total. The van der Waals surface area contributed by atoms with Crippen molar-refractivity contribution in [3.8, 4) is 11.1 Å². The van der Waals surface area contributed by atoms with E-state index in [9.17, 15) is 14.4 Å². The molecule has 0 spiro atoms. The molecule has 0 bridgehead atoms. The van der Waals surface area contributed by atoms with Gasteiger partial charge in [0, 0.05) is 18.9 Å². The summed E-state index contributed by atoms with van der Waals surface area (Å²) in [4.78, 5) is 35.1. The Morgan fingerprint density at radius 2 is 1.61 bits per heavy atom. The number of unbranched alkanes of at least 4 members (excludes halogenated alkanes) is 2. The third kappa shape index (κ3) is 6.57. The van der Waals surface area contributed by atoms with E-state index in [1.165, 1.54) is 22.3 Å². The molecular formula is C26H32N2O5. The van der Waals surface area contributed by atoms with Gasteiger partial charge in [-0.2, -0.15) is 0 Å². The second kappa shape index (κ2) is 12.0. The van der Waals surface area contributed by atoms with Crippen molar-refractivity contribution in [1.29, 1.82) is 0 Å². The fourth-order valence-electron chi connectivity index (χ4n) is 4.24. The smallest absolute Gasteiger partial charge is 0.407 e. The molecule has 0 saturated heterocycles. The van der Waals surface area contributed by atoms with Gasteiger partial charge in [-0.3, -0.25) is 4.79 Å². The molecule has 0 aromatic heterocycles. The molecule has 176 valence electrons. The first-order valence-corrected chi connectivity index (χ1v) is 11.6. The van der Waals surface area contributed by atoms with E-state index in [1.807, 2.05) is 31.2 Å². The normalized spacial score (nSPS) is 13.0. The monoisotopic (exact) mass is 452 g/mol. The molecule has 1 aliphatic rings. The van der Waals surface area contributed by atoms with Crippen LogP contribution in [0.5, 0.6) is 0 Å². The highest BCUT2D eigenvalue weighted by atomic mass is 16.5. The topological polar surface area (TPSA) is 105 Å². The summed E-state index contributed by atoms with van der Waals surface area (Å²) in [6.45, 7) is 2.63. The van der Waals surface area contributed by atoms with E-state index in [-0.39, 0.29) is 24.9 Å². The van der Waals surface area contributed by atoms with Crippen molar-refractivity contribution in [1.82, 2.24) is 10.6 Å². The molecule has 1 atom stereocenters. The van der Waals surface area contributed by atoms with Crippen LogP contribution in [0.2, 0.25) is 0 Å². The zero-order valence-electron chi connectivity index (χ0n) is 19.0. The molecule has 0 radical (unpaired) electrons. The van der Waals surface area contributed by atoms with Crippen molar-refractivity contribution in [2.75, 3.05) is 13.2 Å². The maximum Gasteiger partial charge on any atom is 0.407 e. The van der Waals surface area contributed by atoms with Crippen LogP contribution in [0.4, 0.5) is 4.79 Å². The van der Waals surface area contributed by atoms with Crippen LogP contribution in [0.25, 0.3) is 11.1 Å². The molecule has 2 amide bonds. The fraction of sp³-hybridized carbons (Fsp3) is 0.423. The van der Waals surface area contributed by atoms with Crippen molar-refractivity contribution >= 4 is 18.0 Å². The second-order valence-corrected chi connectivity index (χ2v) is 8.31. The van der Waals surface area contributed by atoms with Crippen LogP contribution in [0.3, 0.4) is 0 Å². The minimum absolute atomic E-state index is 0.0315. The van der Waals surface area contributed by atoms with E-state index in [2.05, 4.69) is 34.9 Å². The molecule has 1 aliphatic carbocycles. The van der Waals surface area contributed by atoms with Gasteiger partial charge in [0.15, 0.2) is 0 Å². The number of carbonyl (C=O) groups is 3. The summed E-state index contributed by atoms with van der Waals surface area (Å²) in [5.41, 5.74) is 4.73. The van der Waals surface area contributed by atoms with Gasteiger partial charge in [0.05, 0.1) is 0 Å². The third-order valence-corrected chi connectivity index (χ3v) is 5.90. The van der Waals surface area contributed by atoms with Crippen LogP contribution < -0.4 is 10.6 Å². The summed E-state index contributed by atoms with van der Waals surface area (Å²) >= 11 is 0. The first-order valence-electron chi connectivity index (χ1n) is 11.6. The van der Waals surface area contributed by atoms with Crippen molar-refractivity contribution < 1.29 is 24.2 Å². The summed E-state index contributed by atoms with van der Waals surface area (Å²) in [6, 6.07) is 15.6. The van der Waals surface area contributed by atoms with Crippen molar-refractivity contribution in [2.24, 2.45) is 0 Å². The number of carboxylic acids is 1. The van der Waals surface area contributed by atoms with E-state index < -0.39 is 18.1 Å². The lowest BCUT2D eigenvalue weighted by Crippen LogP contribution is -2.40. The van der Waals surface area contributed by atoms with E-state index in [0.717, 1.165) is 12.8 Å². The van der Waals surface area contributed by atoms with Gasteiger partial charge in [0.1, 0.15) is 12.6 Å². The molecular weight excluding hydrogens is 420 g/mol. The average molecular weight is 453 g/mol. The summed E-state index contributed by atoms with van der Waals surface area (Å²) < 4.78 is 5.50. The van der Waals surface area contributed by atoms with Gasteiger partial charge in [-0.15, -0.1) is 0 Å². The lowest BCUT2D eigenvalue weighted by Gasteiger charge is -2.14. The van der Waals surface area contributed by atoms with Gasteiger partial charge in [0.25, 0.3) is 0 Å². The zero-order chi connectivity index (χ0) is 23.6. The number of alkyl carbamates (subject to hydrolysis) is 1. The molecule has 0 fully saturated rings. The SMILES string of the molecule is CCC[C@H](NC(=O)CCCCCNC(=O)OCC1c2ccccc2-c2ccccc21)C(=O)O. The van der Waals surface area contributed by atoms with Crippen molar-refractivity contribution in [3.05, 3.63) is 59.7 Å². The largest absolute Gasteiger partial charge is 0.480 e. The number of amides is 2. The van der Waals surface area contributed by atoms with Crippen LogP contribution in [0.1, 0.15) is 62.5 Å². The highest BCUT2D eigenvalue weighted by Gasteiger charge is 2.28. The number of rotatable bonds is 12. The van der Waals surface area contributed by atoms with Crippen molar-refractivity contribution in [2.45, 2.75) is 57.4 Å². The van der Waals surface area contributed by atoms with E-state index >= 15 is 0 Å². The number of hydrogen-bond acceptors (Lipinski definition) is 4. The quantitative estimate of drug-likeness (QED) is 0.413. The number of carbonyl (C=O) groups excluding carboxylic acids is 2. The van der Waals surface area contributed by atoms with Crippen LogP contribution in [0.15, 0.2) is 48.5 Å². The molecule has 7 heteroatoms. The van der Waals surface area contributed by atoms with Crippen LogP contribution in [0, 0.1) is 0 Å². The van der Waals surface area contributed by atoms with Gasteiger partial charge in [-0.05, 0) is 41.5 Å². The molecule has 0 heterocycles. The molecule has 2 aromatic rings. The second-order valence-electron chi connectivity index (χ2n) is 8.31. The van der Waals surface area contributed by atoms with E-state index in [4.69, 9.17) is 9.84 Å². The molecule has 3 rings (SSSR count). The number of fused-ring (bicyclic) bond motifs is 3.